The van der Waals surface area contributed by atoms with E-state index < -0.39 is 0 Å². The maximum Gasteiger partial charge on any atom is 0.178 e. The fourth-order valence-corrected chi connectivity index (χ4v) is 3.13. The number of rotatable bonds is 6. The van der Waals surface area contributed by atoms with Gasteiger partial charge in [-0.05, 0) is 51.3 Å². The molecule has 0 aliphatic carbocycles. The van der Waals surface area contributed by atoms with Crippen LogP contribution in [0.5, 0.6) is 0 Å². The standard InChI is InChI=1S/C21H23N5.2ClH/c1-26(2)13-7-12-22-20-16-9-4-6-11-18(16)24-21(25-20)19-14-15-8-3-5-10-17(15)23-19;;/h3-6,8-11,14,23H,7,12-13H2,1-2H3,(H,22,24,25);2*1H. The molecule has 28 heavy (non-hydrogen) atoms. The molecule has 0 bridgehead atoms. The van der Waals surface area contributed by atoms with Crippen LogP contribution in [0.25, 0.3) is 33.3 Å². The Morgan fingerprint density at radius 1 is 0.964 bits per heavy atom. The Morgan fingerprint density at radius 2 is 1.71 bits per heavy atom. The van der Waals surface area contributed by atoms with Crippen LogP contribution in [0.4, 0.5) is 5.82 Å². The topological polar surface area (TPSA) is 56.8 Å². The van der Waals surface area contributed by atoms with Gasteiger partial charge < -0.3 is 15.2 Å². The Morgan fingerprint density at radius 3 is 2.50 bits per heavy atom. The fourth-order valence-electron chi connectivity index (χ4n) is 3.13. The zero-order chi connectivity index (χ0) is 17.9. The Balaban J connectivity index is 0.00000140. The number of para-hydroxylation sites is 2. The monoisotopic (exact) mass is 417 g/mol. The number of hydrogen-bond donors (Lipinski definition) is 2. The number of anilines is 1. The van der Waals surface area contributed by atoms with E-state index in [0.29, 0.717) is 0 Å². The minimum Gasteiger partial charge on any atom is -0.369 e. The second-order valence-electron chi connectivity index (χ2n) is 6.77. The minimum atomic E-state index is 0. The molecule has 7 heteroatoms. The van der Waals surface area contributed by atoms with E-state index in [4.69, 9.17) is 9.97 Å². The molecule has 2 N–H and O–H groups in total. The van der Waals surface area contributed by atoms with Crippen molar-refractivity contribution in [1.82, 2.24) is 19.9 Å². The lowest BCUT2D eigenvalue weighted by Crippen LogP contribution is -2.16. The van der Waals surface area contributed by atoms with Gasteiger partial charge >= 0.3 is 0 Å². The van der Waals surface area contributed by atoms with Crippen LogP contribution < -0.4 is 5.32 Å². The van der Waals surface area contributed by atoms with Crippen LogP contribution in [-0.4, -0.2) is 47.0 Å². The van der Waals surface area contributed by atoms with Gasteiger partial charge in [-0.2, -0.15) is 0 Å². The SMILES string of the molecule is CN(C)CCCNc1nc(-c2cc3ccccc3[nH]2)nc2ccccc12.Cl.Cl. The number of halogens is 2. The predicted molar refractivity (Wildman–Crippen MR) is 123 cm³/mol. The normalized spacial score (nSPS) is 10.7. The molecule has 0 fully saturated rings. The first-order valence-electron chi connectivity index (χ1n) is 8.94. The van der Waals surface area contributed by atoms with Crippen molar-refractivity contribution in [3.63, 3.8) is 0 Å². The third kappa shape index (κ3) is 4.73. The Kier molecular flexibility index (Phi) is 7.63. The number of fused-ring (bicyclic) bond motifs is 2. The first-order chi connectivity index (χ1) is 12.7. The minimum absolute atomic E-state index is 0. The van der Waals surface area contributed by atoms with Crippen LogP contribution in [0.1, 0.15) is 6.42 Å². The summed E-state index contributed by atoms with van der Waals surface area (Å²) < 4.78 is 0. The van der Waals surface area contributed by atoms with Crippen LogP contribution in [0.15, 0.2) is 54.6 Å². The number of aromatic nitrogens is 3. The van der Waals surface area contributed by atoms with E-state index >= 15 is 0 Å². The molecule has 0 amide bonds. The number of nitrogens with zero attached hydrogens (tertiary/aromatic N) is 3. The van der Waals surface area contributed by atoms with Crippen LogP contribution in [0.3, 0.4) is 0 Å². The summed E-state index contributed by atoms with van der Waals surface area (Å²) in [6.45, 7) is 1.93. The molecule has 0 saturated carbocycles. The molecule has 0 unspecified atom stereocenters. The molecule has 0 aliphatic rings. The van der Waals surface area contributed by atoms with Crippen LogP contribution in [-0.2, 0) is 0 Å². The lowest BCUT2D eigenvalue weighted by molar-refractivity contribution is 0.405. The number of H-pyrrole nitrogens is 1. The summed E-state index contributed by atoms with van der Waals surface area (Å²) in [7, 11) is 4.18. The molecular formula is C21H25Cl2N5. The second kappa shape index (κ2) is 9.73. The van der Waals surface area contributed by atoms with Gasteiger partial charge in [-0.15, -0.1) is 24.8 Å². The average Bonchev–Trinajstić information content (AvgIpc) is 3.09. The highest BCUT2D eigenvalue weighted by Crippen LogP contribution is 2.26. The molecule has 0 saturated heterocycles. The van der Waals surface area contributed by atoms with Gasteiger partial charge in [0.15, 0.2) is 5.82 Å². The number of nitrogens with one attached hydrogen (secondary N) is 2. The van der Waals surface area contributed by atoms with Gasteiger partial charge in [0.25, 0.3) is 0 Å². The summed E-state index contributed by atoms with van der Waals surface area (Å²) in [5.74, 6) is 1.61. The van der Waals surface area contributed by atoms with Crippen molar-refractivity contribution >= 4 is 52.4 Å². The third-order valence-corrected chi connectivity index (χ3v) is 4.45. The Bertz CT molecular complexity index is 1010. The van der Waals surface area contributed by atoms with E-state index in [1.165, 1.54) is 5.39 Å². The lowest BCUT2D eigenvalue weighted by Gasteiger charge is -2.12. The van der Waals surface area contributed by atoms with Crippen LogP contribution >= 0.6 is 24.8 Å². The summed E-state index contributed by atoms with van der Waals surface area (Å²) in [5, 5.41) is 5.71. The number of aromatic amines is 1. The maximum atomic E-state index is 4.82. The number of hydrogen-bond acceptors (Lipinski definition) is 4. The molecule has 2 heterocycles. The van der Waals surface area contributed by atoms with E-state index in [0.717, 1.165) is 53.3 Å². The molecule has 0 aliphatic heterocycles. The quantitative estimate of drug-likeness (QED) is 0.434. The highest BCUT2D eigenvalue weighted by atomic mass is 35.5. The zero-order valence-electron chi connectivity index (χ0n) is 16.0. The Labute approximate surface area is 177 Å². The van der Waals surface area contributed by atoms with Gasteiger partial charge in [-0.1, -0.05) is 30.3 Å². The van der Waals surface area contributed by atoms with Crippen LogP contribution in [0.2, 0.25) is 0 Å². The van der Waals surface area contributed by atoms with Gasteiger partial charge in [-0.3, -0.25) is 0 Å². The van der Waals surface area contributed by atoms with Gasteiger partial charge in [0.2, 0.25) is 0 Å². The molecule has 0 atom stereocenters. The zero-order valence-corrected chi connectivity index (χ0v) is 17.6. The predicted octanol–water partition coefficient (Wildman–Crippen LogP) is 4.99. The van der Waals surface area contributed by atoms with E-state index in [2.05, 4.69) is 53.6 Å². The van der Waals surface area contributed by atoms with Crippen molar-refractivity contribution in [2.75, 3.05) is 32.5 Å². The van der Waals surface area contributed by atoms with Gasteiger partial charge in [0.05, 0.1) is 11.2 Å². The van der Waals surface area contributed by atoms with Gasteiger partial charge in [0.1, 0.15) is 5.82 Å². The average molecular weight is 418 g/mol. The highest BCUT2D eigenvalue weighted by Gasteiger charge is 2.11. The van der Waals surface area contributed by atoms with E-state index in [1.807, 2.05) is 30.3 Å². The van der Waals surface area contributed by atoms with Crippen molar-refractivity contribution in [3.8, 4) is 11.5 Å². The van der Waals surface area contributed by atoms with E-state index in [-0.39, 0.29) is 24.8 Å². The number of benzene rings is 2. The summed E-state index contributed by atoms with van der Waals surface area (Å²) in [6.07, 6.45) is 1.06. The lowest BCUT2D eigenvalue weighted by atomic mass is 10.2. The van der Waals surface area contributed by atoms with Crippen LogP contribution in [0, 0.1) is 0 Å². The van der Waals surface area contributed by atoms with Crippen molar-refractivity contribution in [3.05, 3.63) is 54.6 Å². The van der Waals surface area contributed by atoms with E-state index in [1.54, 1.807) is 0 Å². The summed E-state index contributed by atoms with van der Waals surface area (Å²) >= 11 is 0. The maximum absolute atomic E-state index is 4.82. The molecule has 4 rings (SSSR count). The molecule has 148 valence electrons. The molecule has 2 aromatic carbocycles. The largest absolute Gasteiger partial charge is 0.369 e. The van der Waals surface area contributed by atoms with Crippen molar-refractivity contribution in [2.24, 2.45) is 0 Å². The summed E-state index contributed by atoms with van der Waals surface area (Å²) in [6, 6.07) is 18.5. The molecule has 4 aromatic rings. The first kappa shape index (κ1) is 22.0. The van der Waals surface area contributed by atoms with E-state index in [9.17, 15) is 0 Å². The third-order valence-electron chi connectivity index (χ3n) is 4.45. The Hall–Kier alpha value is -2.34. The highest BCUT2D eigenvalue weighted by molar-refractivity contribution is 5.91. The summed E-state index contributed by atoms with van der Waals surface area (Å²) in [4.78, 5) is 15.2. The molecule has 2 aromatic heterocycles. The molecular weight excluding hydrogens is 393 g/mol. The smallest absolute Gasteiger partial charge is 0.178 e. The van der Waals surface area contributed by atoms with Gasteiger partial charge in [-0.25, -0.2) is 9.97 Å². The molecule has 0 spiro atoms. The first-order valence-corrected chi connectivity index (χ1v) is 8.94. The van der Waals surface area contributed by atoms with Crippen molar-refractivity contribution in [1.29, 1.82) is 0 Å². The van der Waals surface area contributed by atoms with Gasteiger partial charge in [0, 0.05) is 22.8 Å². The van der Waals surface area contributed by atoms with Crippen molar-refractivity contribution in [2.45, 2.75) is 6.42 Å². The van der Waals surface area contributed by atoms with Crippen molar-refractivity contribution < 1.29 is 0 Å². The summed E-state index contributed by atoms with van der Waals surface area (Å²) in [5.41, 5.74) is 2.99. The molecule has 5 nitrogen and oxygen atoms in total. The second-order valence-corrected chi connectivity index (χ2v) is 6.77. The fraction of sp³-hybridized carbons (Fsp3) is 0.238. The molecule has 0 radical (unpaired) electrons.